The fourth-order valence-corrected chi connectivity index (χ4v) is 3.10. The quantitative estimate of drug-likeness (QED) is 0.812. The molecule has 0 aromatic heterocycles. The van der Waals surface area contributed by atoms with E-state index in [1.165, 1.54) is 18.7 Å². The summed E-state index contributed by atoms with van der Waals surface area (Å²) in [6, 6.07) is 0. The van der Waals surface area contributed by atoms with Gasteiger partial charge in [-0.1, -0.05) is 27.7 Å². The number of hydrogen-bond donors (Lipinski definition) is 2. The number of hydrogen-bond acceptors (Lipinski definition) is 4. The molecule has 0 aliphatic carbocycles. The minimum atomic E-state index is 0.317. The van der Waals surface area contributed by atoms with Gasteiger partial charge in [0.15, 0.2) is 0 Å². The first-order valence-corrected chi connectivity index (χ1v) is 8.14. The minimum Gasteiger partial charge on any atom is -0.372 e. The standard InChI is InChI=1S/C16H30N4/c1-5-9-17-15-8-6-7-14(13(4)12(2)3)10-16-19-18-11-20(15)16/h8,11-14,16-17,19H,5-7,9-10H2,1-4H3/t13?,14-,16?/m1/s1. The van der Waals surface area contributed by atoms with Crippen LogP contribution in [-0.4, -0.2) is 23.9 Å². The molecule has 4 heteroatoms. The Balaban J connectivity index is 2.08. The highest BCUT2D eigenvalue weighted by Crippen LogP contribution is 2.32. The summed E-state index contributed by atoms with van der Waals surface area (Å²) in [5.41, 5.74) is 3.27. The molecule has 20 heavy (non-hydrogen) atoms. The predicted octanol–water partition coefficient (Wildman–Crippen LogP) is 3.09. The lowest BCUT2D eigenvalue weighted by molar-refractivity contribution is 0.185. The molecule has 0 aromatic carbocycles. The number of hydrazone groups is 1. The van der Waals surface area contributed by atoms with E-state index in [-0.39, 0.29) is 0 Å². The molecule has 0 spiro atoms. The Morgan fingerprint density at radius 3 is 2.95 bits per heavy atom. The Hall–Kier alpha value is -1.19. The van der Waals surface area contributed by atoms with E-state index in [4.69, 9.17) is 0 Å². The molecular weight excluding hydrogens is 248 g/mol. The second kappa shape index (κ2) is 7.00. The van der Waals surface area contributed by atoms with Crippen LogP contribution in [0, 0.1) is 17.8 Å². The largest absolute Gasteiger partial charge is 0.372 e. The summed E-state index contributed by atoms with van der Waals surface area (Å²) in [6.45, 7) is 10.3. The molecular formula is C16H30N4. The van der Waals surface area contributed by atoms with E-state index < -0.39 is 0 Å². The third-order valence-electron chi connectivity index (χ3n) is 4.77. The number of fused-ring (bicyclic) bond motifs is 1. The van der Waals surface area contributed by atoms with Gasteiger partial charge in [-0.2, -0.15) is 5.10 Å². The van der Waals surface area contributed by atoms with Gasteiger partial charge >= 0.3 is 0 Å². The molecule has 4 nitrogen and oxygen atoms in total. The second-order valence-corrected chi connectivity index (χ2v) is 6.49. The van der Waals surface area contributed by atoms with Crippen molar-refractivity contribution in [3.05, 3.63) is 11.9 Å². The highest BCUT2D eigenvalue weighted by atomic mass is 15.5. The van der Waals surface area contributed by atoms with E-state index >= 15 is 0 Å². The molecule has 2 heterocycles. The minimum absolute atomic E-state index is 0.317. The van der Waals surface area contributed by atoms with Gasteiger partial charge in [0.25, 0.3) is 0 Å². The van der Waals surface area contributed by atoms with Gasteiger partial charge in [-0.3, -0.25) is 10.3 Å². The Labute approximate surface area is 123 Å². The summed E-state index contributed by atoms with van der Waals surface area (Å²) in [5.74, 6) is 3.50. The van der Waals surface area contributed by atoms with Gasteiger partial charge in [-0.15, -0.1) is 0 Å². The number of allylic oxidation sites excluding steroid dienone is 1. The van der Waals surface area contributed by atoms with Crippen LogP contribution in [0.25, 0.3) is 0 Å². The zero-order valence-electron chi connectivity index (χ0n) is 13.4. The third-order valence-corrected chi connectivity index (χ3v) is 4.77. The zero-order chi connectivity index (χ0) is 14.5. The van der Waals surface area contributed by atoms with Crippen LogP contribution in [0.3, 0.4) is 0 Å². The van der Waals surface area contributed by atoms with Gasteiger partial charge in [0.2, 0.25) is 0 Å². The van der Waals surface area contributed by atoms with Crippen molar-refractivity contribution in [2.45, 2.75) is 59.5 Å². The van der Waals surface area contributed by atoms with E-state index in [0.717, 1.165) is 37.1 Å². The molecule has 2 N–H and O–H groups in total. The fourth-order valence-electron chi connectivity index (χ4n) is 3.10. The van der Waals surface area contributed by atoms with Crippen LogP contribution in [0.4, 0.5) is 0 Å². The van der Waals surface area contributed by atoms with Crippen molar-refractivity contribution in [2.24, 2.45) is 22.9 Å². The van der Waals surface area contributed by atoms with Crippen LogP contribution in [0.1, 0.15) is 53.4 Å². The lowest BCUT2D eigenvalue weighted by atomic mass is 9.79. The number of nitrogens with zero attached hydrogens (tertiary/aromatic N) is 2. The molecule has 0 aromatic rings. The first kappa shape index (κ1) is 15.2. The van der Waals surface area contributed by atoms with Gasteiger partial charge < -0.3 is 5.32 Å². The topological polar surface area (TPSA) is 39.7 Å². The Kier molecular flexibility index (Phi) is 5.32. The van der Waals surface area contributed by atoms with Gasteiger partial charge in [0, 0.05) is 6.54 Å². The normalized spacial score (nSPS) is 27.4. The summed E-state index contributed by atoms with van der Waals surface area (Å²) < 4.78 is 0. The Morgan fingerprint density at radius 2 is 2.25 bits per heavy atom. The highest BCUT2D eigenvalue weighted by molar-refractivity contribution is 5.60. The maximum absolute atomic E-state index is 4.28. The molecule has 0 bridgehead atoms. The van der Waals surface area contributed by atoms with Gasteiger partial charge in [-0.05, 0) is 49.5 Å². The second-order valence-electron chi connectivity index (χ2n) is 6.49. The summed E-state index contributed by atoms with van der Waals surface area (Å²) in [6.07, 6.45) is 9.35. The zero-order valence-corrected chi connectivity index (χ0v) is 13.4. The molecule has 2 rings (SSSR count). The summed E-state index contributed by atoms with van der Waals surface area (Å²) in [4.78, 5) is 2.27. The summed E-state index contributed by atoms with van der Waals surface area (Å²) in [5, 5.41) is 7.81. The lowest BCUT2D eigenvalue weighted by Crippen LogP contribution is -2.43. The summed E-state index contributed by atoms with van der Waals surface area (Å²) in [7, 11) is 0. The average molecular weight is 278 g/mol. The van der Waals surface area contributed by atoms with E-state index in [0.29, 0.717) is 6.17 Å². The average Bonchev–Trinajstić information content (AvgIpc) is 2.85. The van der Waals surface area contributed by atoms with Crippen LogP contribution < -0.4 is 10.7 Å². The summed E-state index contributed by atoms with van der Waals surface area (Å²) >= 11 is 0. The third kappa shape index (κ3) is 3.47. The molecule has 0 saturated heterocycles. The molecule has 3 atom stereocenters. The molecule has 2 aliphatic rings. The van der Waals surface area contributed by atoms with Gasteiger partial charge in [-0.25, -0.2) is 0 Å². The molecule has 2 aliphatic heterocycles. The maximum Gasteiger partial charge on any atom is 0.122 e. The smallest absolute Gasteiger partial charge is 0.122 e. The van der Waals surface area contributed by atoms with Crippen LogP contribution in [0.5, 0.6) is 0 Å². The van der Waals surface area contributed by atoms with Crippen LogP contribution in [0.15, 0.2) is 17.0 Å². The fraction of sp³-hybridized carbons (Fsp3) is 0.812. The number of rotatable bonds is 5. The molecule has 2 unspecified atom stereocenters. The molecule has 0 radical (unpaired) electrons. The van der Waals surface area contributed by atoms with Crippen molar-refractivity contribution < 1.29 is 0 Å². The van der Waals surface area contributed by atoms with Crippen molar-refractivity contribution >= 4 is 6.34 Å². The first-order valence-electron chi connectivity index (χ1n) is 8.14. The van der Waals surface area contributed by atoms with Crippen molar-refractivity contribution in [1.29, 1.82) is 0 Å². The van der Waals surface area contributed by atoms with E-state index in [1.807, 2.05) is 6.34 Å². The molecule has 0 saturated carbocycles. The van der Waals surface area contributed by atoms with E-state index in [2.05, 4.69) is 54.5 Å². The monoisotopic (exact) mass is 278 g/mol. The van der Waals surface area contributed by atoms with Crippen molar-refractivity contribution in [3.8, 4) is 0 Å². The van der Waals surface area contributed by atoms with Crippen molar-refractivity contribution in [3.63, 3.8) is 0 Å². The SMILES string of the molecule is CCCNC1=CCC[C@@H](C(C)C(C)C)CC2NN=CN12. The Bertz CT molecular complexity index is 361. The van der Waals surface area contributed by atoms with Crippen molar-refractivity contribution in [2.75, 3.05) is 6.54 Å². The van der Waals surface area contributed by atoms with Crippen LogP contribution in [0.2, 0.25) is 0 Å². The molecule has 114 valence electrons. The molecule has 0 fully saturated rings. The van der Waals surface area contributed by atoms with Crippen molar-refractivity contribution in [1.82, 2.24) is 15.6 Å². The van der Waals surface area contributed by atoms with Crippen LogP contribution >= 0.6 is 0 Å². The lowest BCUT2D eigenvalue weighted by Gasteiger charge is -2.35. The number of nitrogens with one attached hydrogen (secondary N) is 2. The van der Waals surface area contributed by atoms with Crippen LogP contribution in [-0.2, 0) is 0 Å². The van der Waals surface area contributed by atoms with Gasteiger partial charge in [0.05, 0.1) is 0 Å². The van der Waals surface area contributed by atoms with E-state index in [9.17, 15) is 0 Å². The molecule has 0 amide bonds. The van der Waals surface area contributed by atoms with Gasteiger partial charge in [0.1, 0.15) is 18.3 Å². The first-order chi connectivity index (χ1) is 9.63. The predicted molar refractivity (Wildman–Crippen MR) is 85.0 cm³/mol. The maximum atomic E-state index is 4.28. The Morgan fingerprint density at radius 1 is 1.45 bits per heavy atom. The van der Waals surface area contributed by atoms with E-state index in [1.54, 1.807) is 0 Å². The highest BCUT2D eigenvalue weighted by Gasteiger charge is 2.31.